The Morgan fingerprint density at radius 1 is 1.03 bits per heavy atom. The second-order valence-electron chi connectivity index (χ2n) is 6.82. The molecular formula is C22H25FN6. The van der Waals surface area contributed by atoms with E-state index in [-0.39, 0.29) is 12.4 Å². The number of benzene rings is 1. The second kappa shape index (κ2) is 8.77. The van der Waals surface area contributed by atoms with Crippen molar-refractivity contribution >= 4 is 16.9 Å². The molecule has 2 N–H and O–H groups in total. The molecule has 7 heteroatoms. The van der Waals surface area contributed by atoms with Crippen molar-refractivity contribution in [2.75, 3.05) is 5.73 Å². The lowest BCUT2D eigenvalue weighted by Gasteiger charge is -2.05. The quantitative estimate of drug-likeness (QED) is 0.547. The highest BCUT2D eigenvalue weighted by Crippen LogP contribution is 2.27. The first-order valence-electron chi connectivity index (χ1n) is 9.62. The summed E-state index contributed by atoms with van der Waals surface area (Å²) in [6, 6.07) is 10.3. The summed E-state index contributed by atoms with van der Waals surface area (Å²) >= 11 is 0. The SMILES string of the molecule is CCC.Cc1nc(-c2nn(Cc3ccccc3F)c3ncccc23)nc(N)c1C. The normalized spacial score (nSPS) is 10.7. The third kappa shape index (κ3) is 4.23. The van der Waals surface area contributed by atoms with Gasteiger partial charge in [-0.1, -0.05) is 38.5 Å². The first-order chi connectivity index (χ1) is 14.0. The van der Waals surface area contributed by atoms with Gasteiger partial charge in [-0.15, -0.1) is 0 Å². The van der Waals surface area contributed by atoms with Gasteiger partial charge in [0.25, 0.3) is 0 Å². The Morgan fingerprint density at radius 3 is 2.45 bits per heavy atom. The average molecular weight is 392 g/mol. The molecule has 0 aliphatic rings. The molecule has 0 fully saturated rings. The molecule has 0 radical (unpaired) electrons. The third-order valence-corrected chi connectivity index (χ3v) is 4.42. The number of nitrogens with zero attached hydrogens (tertiary/aromatic N) is 5. The first kappa shape index (κ1) is 20.4. The lowest BCUT2D eigenvalue weighted by Crippen LogP contribution is -2.05. The molecule has 0 bridgehead atoms. The minimum absolute atomic E-state index is 0.264. The van der Waals surface area contributed by atoms with E-state index in [0.717, 1.165) is 16.6 Å². The zero-order chi connectivity index (χ0) is 21.0. The van der Waals surface area contributed by atoms with E-state index in [4.69, 9.17) is 5.73 Å². The van der Waals surface area contributed by atoms with Crippen molar-refractivity contribution < 1.29 is 4.39 Å². The van der Waals surface area contributed by atoms with Gasteiger partial charge in [0.05, 0.1) is 11.9 Å². The Morgan fingerprint density at radius 2 is 1.76 bits per heavy atom. The van der Waals surface area contributed by atoms with Crippen LogP contribution in [0.15, 0.2) is 42.6 Å². The van der Waals surface area contributed by atoms with E-state index in [1.165, 1.54) is 12.5 Å². The Labute approximate surface area is 169 Å². The number of nitrogen functional groups attached to an aromatic ring is 1. The summed E-state index contributed by atoms with van der Waals surface area (Å²) in [6.07, 6.45) is 2.93. The van der Waals surface area contributed by atoms with E-state index >= 15 is 0 Å². The minimum atomic E-state index is -0.277. The maximum Gasteiger partial charge on any atom is 0.183 e. The first-order valence-corrected chi connectivity index (χ1v) is 9.62. The number of anilines is 1. The van der Waals surface area contributed by atoms with Gasteiger partial charge in [-0.2, -0.15) is 5.10 Å². The molecule has 4 rings (SSSR count). The maximum atomic E-state index is 14.1. The molecule has 0 saturated heterocycles. The molecule has 6 nitrogen and oxygen atoms in total. The zero-order valence-electron chi connectivity index (χ0n) is 17.1. The largest absolute Gasteiger partial charge is 0.383 e. The average Bonchev–Trinajstić information content (AvgIpc) is 3.07. The highest BCUT2D eigenvalue weighted by molar-refractivity contribution is 5.89. The summed E-state index contributed by atoms with van der Waals surface area (Å²) in [4.78, 5) is 13.3. The second-order valence-corrected chi connectivity index (χ2v) is 6.82. The van der Waals surface area contributed by atoms with Crippen molar-refractivity contribution in [3.63, 3.8) is 0 Å². The molecule has 0 amide bonds. The number of aryl methyl sites for hydroxylation is 1. The number of aromatic nitrogens is 5. The third-order valence-electron chi connectivity index (χ3n) is 4.42. The molecule has 0 saturated carbocycles. The summed E-state index contributed by atoms with van der Waals surface area (Å²) in [5.74, 6) is 0.587. The molecule has 0 aliphatic carbocycles. The molecule has 0 atom stereocenters. The van der Waals surface area contributed by atoms with Gasteiger partial charge in [0, 0.05) is 23.0 Å². The van der Waals surface area contributed by atoms with E-state index in [9.17, 15) is 4.39 Å². The van der Waals surface area contributed by atoms with Crippen molar-refractivity contribution in [3.8, 4) is 11.5 Å². The zero-order valence-corrected chi connectivity index (χ0v) is 17.1. The summed E-state index contributed by atoms with van der Waals surface area (Å²) in [5.41, 5.74) is 9.41. The topological polar surface area (TPSA) is 82.5 Å². The predicted octanol–water partition coefficient (Wildman–Crippen LogP) is 4.69. The maximum absolute atomic E-state index is 14.1. The van der Waals surface area contributed by atoms with Crippen LogP contribution in [0.4, 0.5) is 10.2 Å². The molecule has 0 aliphatic heterocycles. The fraction of sp³-hybridized carbons (Fsp3) is 0.273. The van der Waals surface area contributed by atoms with Crippen LogP contribution in [-0.4, -0.2) is 24.7 Å². The van der Waals surface area contributed by atoms with Crippen molar-refractivity contribution in [2.45, 2.75) is 40.7 Å². The molecule has 4 aromatic rings. The molecule has 29 heavy (non-hydrogen) atoms. The Balaban J connectivity index is 0.000000755. The van der Waals surface area contributed by atoms with Crippen LogP contribution in [0.1, 0.15) is 37.1 Å². The van der Waals surface area contributed by atoms with Gasteiger partial charge in [-0.25, -0.2) is 24.0 Å². The molecular weight excluding hydrogens is 367 g/mol. The van der Waals surface area contributed by atoms with Crippen LogP contribution in [0.3, 0.4) is 0 Å². The van der Waals surface area contributed by atoms with Gasteiger partial charge < -0.3 is 5.73 Å². The summed E-state index contributed by atoms with van der Waals surface area (Å²) in [5, 5.41) is 5.41. The Hall–Kier alpha value is -3.35. The number of hydrogen-bond donors (Lipinski definition) is 1. The van der Waals surface area contributed by atoms with Crippen LogP contribution in [-0.2, 0) is 6.54 Å². The Kier molecular flexibility index (Phi) is 6.16. The number of hydrogen-bond acceptors (Lipinski definition) is 5. The van der Waals surface area contributed by atoms with E-state index in [0.29, 0.717) is 28.5 Å². The van der Waals surface area contributed by atoms with Crippen molar-refractivity contribution in [1.29, 1.82) is 0 Å². The van der Waals surface area contributed by atoms with Crippen LogP contribution < -0.4 is 5.73 Å². The van der Waals surface area contributed by atoms with Crippen LogP contribution in [0.5, 0.6) is 0 Å². The fourth-order valence-electron chi connectivity index (χ4n) is 2.83. The smallest absolute Gasteiger partial charge is 0.183 e. The van der Waals surface area contributed by atoms with E-state index < -0.39 is 0 Å². The summed E-state index contributed by atoms with van der Waals surface area (Å²) in [7, 11) is 0. The lowest BCUT2D eigenvalue weighted by atomic mass is 10.2. The van der Waals surface area contributed by atoms with Crippen molar-refractivity contribution in [1.82, 2.24) is 24.7 Å². The van der Waals surface area contributed by atoms with E-state index in [2.05, 4.69) is 33.9 Å². The molecule has 0 unspecified atom stereocenters. The monoisotopic (exact) mass is 392 g/mol. The number of nitrogens with two attached hydrogens (primary N) is 1. The lowest BCUT2D eigenvalue weighted by molar-refractivity contribution is 0.589. The highest BCUT2D eigenvalue weighted by atomic mass is 19.1. The van der Waals surface area contributed by atoms with E-state index in [1.54, 1.807) is 29.1 Å². The predicted molar refractivity (Wildman–Crippen MR) is 114 cm³/mol. The highest BCUT2D eigenvalue weighted by Gasteiger charge is 2.18. The van der Waals surface area contributed by atoms with Gasteiger partial charge >= 0.3 is 0 Å². The van der Waals surface area contributed by atoms with Gasteiger partial charge in [-0.05, 0) is 32.0 Å². The molecule has 150 valence electrons. The van der Waals surface area contributed by atoms with Gasteiger partial charge in [0.1, 0.15) is 17.3 Å². The molecule has 1 aromatic carbocycles. The molecule has 3 aromatic heterocycles. The van der Waals surface area contributed by atoms with Gasteiger partial charge in [0.15, 0.2) is 11.5 Å². The van der Waals surface area contributed by atoms with Crippen molar-refractivity contribution in [3.05, 3.63) is 65.2 Å². The Bertz CT molecular complexity index is 1110. The summed E-state index contributed by atoms with van der Waals surface area (Å²) in [6.45, 7) is 8.28. The number of halogens is 1. The minimum Gasteiger partial charge on any atom is -0.383 e. The molecule has 3 heterocycles. The number of rotatable bonds is 3. The number of fused-ring (bicyclic) bond motifs is 1. The van der Waals surface area contributed by atoms with Gasteiger partial charge in [0.2, 0.25) is 0 Å². The fourth-order valence-corrected chi connectivity index (χ4v) is 2.83. The van der Waals surface area contributed by atoms with E-state index in [1.807, 2.05) is 26.0 Å². The van der Waals surface area contributed by atoms with Crippen LogP contribution in [0.2, 0.25) is 0 Å². The van der Waals surface area contributed by atoms with Crippen molar-refractivity contribution in [2.24, 2.45) is 0 Å². The number of pyridine rings is 1. The van der Waals surface area contributed by atoms with Gasteiger partial charge in [-0.3, -0.25) is 0 Å². The summed E-state index contributed by atoms with van der Waals surface area (Å²) < 4.78 is 15.7. The standard InChI is InChI=1S/C19H17FN6.C3H8/c1-11-12(2)23-18(24-17(11)21)16-14-7-5-9-22-19(14)26(25-16)10-13-6-3-4-8-15(13)20;1-3-2/h3-9H,10H2,1-2H3,(H2,21,23,24);3H2,1-2H3. The molecule has 0 spiro atoms. The van der Waals surface area contributed by atoms with Crippen LogP contribution >= 0.6 is 0 Å². The van der Waals surface area contributed by atoms with Crippen LogP contribution in [0, 0.1) is 19.7 Å². The van der Waals surface area contributed by atoms with Crippen LogP contribution in [0.25, 0.3) is 22.6 Å².